The van der Waals surface area contributed by atoms with E-state index in [1.807, 2.05) is 54.6 Å². The SMILES string of the molecule is O=C(CN1C(=O)CSc2ccccc21)OCCc1ccccc1. The van der Waals surface area contributed by atoms with Gasteiger partial charge in [-0.2, -0.15) is 0 Å². The van der Waals surface area contributed by atoms with Gasteiger partial charge in [0.15, 0.2) is 0 Å². The molecule has 118 valence electrons. The standard InChI is InChI=1S/C18H17NO3S/c20-17-13-23-16-9-5-4-8-15(16)19(17)12-18(21)22-11-10-14-6-2-1-3-7-14/h1-9H,10-13H2. The lowest BCUT2D eigenvalue weighted by Gasteiger charge is -2.27. The second-order valence-electron chi connectivity index (χ2n) is 5.19. The van der Waals surface area contributed by atoms with Crippen LogP contribution in [0.3, 0.4) is 0 Å². The summed E-state index contributed by atoms with van der Waals surface area (Å²) in [6.07, 6.45) is 0.674. The molecule has 0 spiro atoms. The Hall–Kier alpha value is -2.27. The number of benzene rings is 2. The number of carbonyl (C=O) groups excluding carboxylic acids is 2. The van der Waals surface area contributed by atoms with Gasteiger partial charge < -0.3 is 4.74 Å². The maximum Gasteiger partial charge on any atom is 0.326 e. The largest absolute Gasteiger partial charge is 0.464 e. The maximum absolute atomic E-state index is 12.1. The average Bonchev–Trinajstić information content (AvgIpc) is 2.58. The molecule has 1 aliphatic rings. The molecule has 0 aromatic heterocycles. The van der Waals surface area contributed by atoms with E-state index in [0.717, 1.165) is 16.1 Å². The maximum atomic E-state index is 12.1. The molecule has 1 amide bonds. The Morgan fingerprint density at radius 1 is 1.09 bits per heavy atom. The van der Waals surface area contributed by atoms with Crippen molar-refractivity contribution in [1.82, 2.24) is 0 Å². The van der Waals surface area contributed by atoms with Crippen molar-refractivity contribution in [3.63, 3.8) is 0 Å². The minimum atomic E-state index is -0.379. The molecular weight excluding hydrogens is 310 g/mol. The van der Waals surface area contributed by atoms with Crippen LogP contribution < -0.4 is 4.90 Å². The summed E-state index contributed by atoms with van der Waals surface area (Å²) in [5.74, 6) is -0.0846. The Labute approximate surface area is 139 Å². The number of carbonyl (C=O) groups is 2. The summed E-state index contributed by atoms with van der Waals surface area (Å²) in [4.78, 5) is 26.6. The zero-order valence-electron chi connectivity index (χ0n) is 12.6. The van der Waals surface area contributed by atoms with Gasteiger partial charge in [-0.25, -0.2) is 0 Å². The second kappa shape index (κ2) is 7.33. The summed E-state index contributed by atoms with van der Waals surface area (Å²) < 4.78 is 5.27. The highest BCUT2D eigenvalue weighted by Crippen LogP contribution is 2.34. The van der Waals surface area contributed by atoms with Gasteiger partial charge in [-0.1, -0.05) is 42.5 Å². The van der Waals surface area contributed by atoms with E-state index in [1.165, 1.54) is 16.7 Å². The van der Waals surface area contributed by atoms with E-state index in [-0.39, 0.29) is 18.4 Å². The van der Waals surface area contributed by atoms with Crippen molar-refractivity contribution in [2.24, 2.45) is 0 Å². The fourth-order valence-corrected chi connectivity index (χ4v) is 3.37. The van der Waals surface area contributed by atoms with E-state index in [4.69, 9.17) is 4.74 Å². The molecule has 2 aromatic carbocycles. The molecule has 23 heavy (non-hydrogen) atoms. The number of thioether (sulfide) groups is 1. The summed E-state index contributed by atoms with van der Waals surface area (Å²) in [7, 11) is 0. The van der Waals surface area contributed by atoms with Crippen molar-refractivity contribution in [3.05, 3.63) is 60.2 Å². The molecule has 0 saturated heterocycles. The number of rotatable bonds is 5. The second-order valence-corrected chi connectivity index (χ2v) is 6.21. The molecule has 0 aliphatic carbocycles. The van der Waals surface area contributed by atoms with Crippen molar-refractivity contribution in [2.75, 3.05) is 23.8 Å². The molecular formula is C18H17NO3S. The van der Waals surface area contributed by atoms with Gasteiger partial charge in [0.2, 0.25) is 5.91 Å². The van der Waals surface area contributed by atoms with E-state index in [9.17, 15) is 9.59 Å². The van der Waals surface area contributed by atoms with Gasteiger partial charge in [-0.3, -0.25) is 14.5 Å². The summed E-state index contributed by atoms with van der Waals surface area (Å²) in [5.41, 5.74) is 1.91. The van der Waals surface area contributed by atoms with Gasteiger partial charge in [0.1, 0.15) is 6.54 Å². The van der Waals surface area contributed by atoms with Crippen LogP contribution in [0.15, 0.2) is 59.5 Å². The van der Waals surface area contributed by atoms with Crippen molar-refractivity contribution in [3.8, 4) is 0 Å². The van der Waals surface area contributed by atoms with Crippen molar-refractivity contribution < 1.29 is 14.3 Å². The Morgan fingerprint density at radius 3 is 2.65 bits per heavy atom. The van der Waals surface area contributed by atoms with Crippen LogP contribution in [0.1, 0.15) is 5.56 Å². The molecule has 0 N–H and O–H groups in total. The highest BCUT2D eigenvalue weighted by molar-refractivity contribution is 8.00. The van der Waals surface area contributed by atoms with Crippen LogP contribution >= 0.6 is 11.8 Å². The Balaban J connectivity index is 1.56. The van der Waals surface area contributed by atoms with Gasteiger partial charge in [-0.05, 0) is 17.7 Å². The minimum absolute atomic E-state index is 0.0365. The highest BCUT2D eigenvalue weighted by Gasteiger charge is 2.26. The van der Waals surface area contributed by atoms with Crippen LogP contribution in [0.2, 0.25) is 0 Å². The monoisotopic (exact) mass is 327 g/mol. The number of anilines is 1. The smallest absolute Gasteiger partial charge is 0.326 e. The Kier molecular flexibility index (Phi) is 4.98. The molecule has 1 heterocycles. The van der Waals surface area contributed by atoms with Gasteiger partial charge in [0.05, 0.1) is 18.0 Å². The molecule has 4 nitrogen and oxygen atoms in total. The van der Waals surface area contributed by atoms with Crippen LogP contribution in [-0.2, 0) is 20.7 Å². The van der Waals surface area contributed by atoms with Gasteiger partial charge in [0.25, 0.3) is 0 Å². The first-order valence-electron chi connectivity index (χ1n) is 7.46. The van der Waals surface area contributed by atoms with Crippen LogP contribution in [0.25, 0.3) is 0 Å². The minimum Gasteiger partial charge on any atom is -0.464 e. The normalized spacial score (nSPS) is 13.6. The zero-order valence-corrected chi connectivity index (χ0v) is 13.4. The lowest BCUT2D eigenvalue weighted by molar-refractivity contribution is -0.142. The third kappa shape index (κ3) is 3.93. The molecule has 1 aliphatic heterocycles. The van der Waals surface area contributed by atoms with Crippen LogP contribution in [-0.4, -0.2) is 30.8 Å². The van der Waals surface area contributed by atoms with Crippen LogP contribution in [0, 0.1) is 0 Å². The number of hydrogen-bond acceptors (Lipinski definition) is 4. The Morgan fingerprint density at radius 2 is 1.83 bits per heavy atom. The summed E-state index contributed by atoms with van der Waals surface area (Å²) in [6, 6.07) is 17.5. The van der Waals surface area contributed by atoms with E-state index in [1.54, 1.807) is 0 Å². The molecule has 0 saturated carbocycles. The van der Waals surface area contributed by atoms with E-state index in [0.29, 0.717) is 18.8 Å². The number of fused-ring (bicyclic) bond motifs is 1. The third-order valence-electron chi connectivity index (χ3n) is 3.59. The fraction of sp³-hybridized carbons (Fsp3) is 0.222. The average molecular weight is 327 g/mol. The summed E-state index contributed by atoms with van der Waals surface area (Å²) in [5, 5.41) is 0. The molecule has 2 aromatic rings. The fourth-order valence-electron chi connectivity index (χ4n) is 2.43. The van der Waals surface area contributed by atoms with E-state index >= 15 is 0 Å². The molecule has 0 fully saturated rings. The van der Waals surface area contributed by atoms with Crippen LogP contribution in [0.4, 0.5) is 5.69 Å². The first-order chi connectivity index (χ1) is 11.2. The number of amides is 1. The highest BCUT2D eigenvalue weighted by atomic mass is 32.2. The number of ether oxygens (including phenoxy) is 1. The summed E-state index contributed by atoms with van der Waals surface area (Å²) in [6.45, 7) is 0.284. The molecule has 5 heteroatoms. The van der Waals surface area contributed by atoms with Crippen molar-refractivity contribution in [2.45, 2.75) is 11.3 Å². The molecule has 0 atom stereocenters. The number of esters is 1. The lowest BCUT2D eigenvalue weighted by atomic mass is 10.2. The van der Waals surface area contributed by atoms with E-state index in [2.05, 4.69) is 0 Å². The quantitative estimate of drug-likeness (QED) is 0.792. The van der Waals surface area contributed by atoms with Gasteiger partial charge in [0, 0.05) is 11.3 Å². The van der Waals surface area contributed by atoms with Crippen molar-refractivity contribution in [1.29, 1.82) is 0 Å². The number of hydrogen-bond donors (Lipinski definition) is 0. The van der Waals surface area contributed by atoms with Gasteiger partial charge >= 0.3 is 5.97 Å². The first-order valence-corrected chi connectivity index (χ1v) is 8.44. The predicted molar refractivity (Wildman–Crippen MR) is 90.6 cm³/mol. The Bertz CT molecular complexity index is 702. The molecule has 0 radical (unpaired) electrons. The molecule has 0 bridgehead atoms. The predicted octanol–water partition coefficient (Wildman–Crippen LogP) is 2.91. The number of nitrogens with zero attached hydrogens (tertiary/aromatic N) is 1. The lowest BCUT2D eigenvalue weighted by Crippen LogP contribution is -2.40. The topological polar surface area (TPSA) is 46.6 Å². The molecule has 0 unspecified atom stereocenters. The van der Waals surface area contributed by atoms with Crippen molar-refractivity contribution >= 4 is 29.3 Å². The third-order valence-corrected chi connectivity index (χ3v) is 4.64. The summed E-state index contributed by atoms with van der Waals surface area (Å²) >= 11 is 1.50. The number of para-hydroxylation sites is 1. The van der Waals surface area contributed by atoms with E-state index < -0.39 is 0 Å². The van der Waals surface area contributed by atoms with Crippen LogP contribution in [0.5, 0.6) is 0 Å². The molecule has 3 rings (SSSR count). The first kappa shape index (κ1) is 15.6. The zero-order chi connectivity index (χ0) is 16.1. The van der Waals surface area contributed by atoms with Gasteiger partial charge in [-0.15, -0.1) is 11.8 Å².